The maximum absolute atomic E-state index is 13.1. The molecule has 0 amide bonds. The summed E-state index contributed by atoms with van der Waals surface area (Å²) in [6, 6.07) is 16.7. The third kappa shape index (κ3) is 2.80. The summed E-state index contributed by atoms with van der Waals surface area (Å²) < 4.78 is 0. The van der Waals surface area contributed by atoms with E-state index in [1.54, 1.807) is 0 Å². The van der Waals surface area contributed by atoms with Crippen LogP contribution in [0.4, 0.5) is 0 Å². The summed E-state index contributed by atoms with van der Waals surface area (Å²) in [7, 11) is 0. The molecule has 2 saturated carbocycles. The molecule has 0 bridgehead atoms. The molecule has 28 heavy (non-hydrogen) atoms. The van der Waals surface area contributed by atoms with E-state index in [4.69, 9.17) is 0 Å². The highest BCUT2D eigenvalue weighted by molar-refractivity contribution is 5.87. The molecule has 0 heterocycles. The normalized spacial score (nSPS) is 33.8. The summed E-state index contributed by atoms with van der Waals surface area (Å²) >= 11 is 0. The first-order valence-electron chi connectivity index (χ1n) is 11.0. The lowest BCUT2D eigenvalue weighted by Gasteiger charge is -2.50. The molecule has 2 fully saturated rings. The Labute approximate surface area is 168 Å². The van der Waals surface area contributed by atoms with E-state index in [0.717, 1.165) is 44.9 Å². The van der Waals surface area contributed by atoms with Gasteiger partial charge in [0.15, 0.2) is 0 Å². The summed E-state index contributed by atoms with van der Waals surface area (Å²) in [6.45, 7) is 2.27. The van der Waals surface area contributed by atoms with Crippen molar-refractivity contribution in [1.29, 1.82) is 0 Å². The Hall–Kier alpha value is -2.09. The molecule has 5 rings (SSSR count). The van der Waals surface area contributed by atoms with Crippen molar-refractivity contribution in [3.8, 4) is 5.75 Å². The number of phenolic OH excluding ortho intramolecular Hbond substituents is 1. The predicted octanol–water partition coefficient (Wildman–Crippen LogP) is 5.68. The maximum atomic E-state index is 13.1. The molecule has 0 saturated heterocycles. The average molecular weight is 375 g/mol. The third-order valence-electron chi connectivity index (χ3n) is 8.20. The van der Waals surface area contributed by atoms with Gasteiger partial charge in [-0.1, -0.05) is 43.3 Å². The number of Topliss-reactive ketones (excluding diaryl/α,β-unsaturated/α-hetero) is 1. The molecule has 2 heteroatoms. The molecular weight excluding hydrogens is 344 g/mol. The van der Waals surface area contributed by atoms with Crippen LogP contribution in [0.5, 0.6) is 5.75 Å². The van der Waals surface area contributed by atoms with Crippen molar-refractivity contribution in [3.63, 3.8) is 0 Å². The summed E-state index contributed by atoms with van der Waals surface area (Å²) in [6.07, 6.45) is 7.33. The number of benzene rings is 2. The zero-order valence-electron chi connectivity index (χ0n) is 16.7. The lowest BCUT2D eigenvalue weighted by molar-refractivity contribution is -0.129. The van der Waals surface area contributed by atoms with Gasteiger partial charge in [0.05, 0.1) is 0 Å². The Kier molecular flexibility index (Phi) is 4.34. The zero-order valence-corrected chi connectivity index (χ0v) is 16.7. The van der Waals surface area contributed by atoms with E-state index in [1.807, 2.05) is 12.1 Å². The SMILES string of the molecule is C[C@]12CC[C@@H]3c4ccc(O)cc4CC[C@H]3[C@@H]1[C@@H](CCc1ccccc1)CC2=O. The number of hydrogen-bond donors (Lipinski definition) is 1. The standard InChI is InChI=1S/C26H30O2/c1-26-14-13-22-21-12-10-20(27)15-18(21)9-11-23(22)25(26)19(16-24(26)28)8-7-17-5-3-2-4-6-17/h2-6,10,12,15,19,22-23,25,27H,7-9,11,13-14,16H2,1H3/t19-,22+,23+,25-,26+/m0/s1. The number of hydrogen-bond acceptors (Lipinski definition) is 2. The van der Waals surface area contributed by atoms with Gasteiger partial charge in [-0.25, -0.2) is 0 Å². The number of carbonyl (C=O) groups excluding carboxylic acids is 1. The van der Waals surface area contributed by atoms with Crippen LogP contribution in [0.1, 0.15) is 61.6 Å². The second-order valence-corrected chi connectivity index (χ2v) is 9.59. The second kappa shape index (κ2) is 6.76. The average Bonchev–Trinajstić information content (AvgIpc) is 2.97. The van der Waals surface area contributed by atoms with Gasteiger partial charge in [0.25, 0.3) is 0 Å². The fourth-order valence-electron chi connectivity index (χ4n) is 6.89. The highest BCUT2D eigenvalue weighted by atomic mass is 16.3. The minimum absolute atomic E-state index is 0.114. The molecule has 0 aromatic heterocycles. The van der Waals surface area contributed by atoms with Gasteiger partial charge in [0, 0.05) is 11.8 Å². The first-order chi connectivity index (χ1) is 13.6. The number of aryl methyl sites for hydroxylation is 2. The molecule has 2 aromatic carbocycles. The fraction of sp³-hybridized carbons (Fsp3) is 0.500. The molecule has 0 unspecified atom stereocenters. The van der Waals surface area contributed by atoms with Crippen LogP contribution in [-0.2, 0) is 17.6 Å². The predicted molar refractivity (Wildman–Crippen MR) is 111 cm³/mol. The summed E-state index contributed by atoms with van der Waals surface area (Å²) in [5, 5.41) is 9.89. The Balaban J connectivity index is 1.43. The molecule has 1 N–H and O–H groups in total. The number of ketones is 1. The number of carbonyl (C=O) groups is 1. The van der Waals surface area contributed by atoms with Crippen molar-refractivity contribution in [3.05, 3.63) is 65.2 Å². The number of phenols is 1. The smallest absolute Gasteiger partial charge is 0.139 e. The topological polar surface area (TPSA) is 37.3 Å². The van der Waals surface area contributed by atoms with Crippen molar-refractivity contribution < 1.29 is 9.90 Å². The van der Waals surface area contributed by atoms with E-state index in [0.29, 0.717) is 35.2 Å². The summed E-state index contributed by atoms with van der Waals surface area (Å²) in [4.78, 5) is 13.1. The Morgan fingerprint density at radius 2 is 1.93 bits per heavy atom. The minimum Gasteiger partial charge on any atom is -0.508 e. The van der Waals surface area contributed by atoms with Gasteiger partial charge in [-0.15, -0.1) is 0 Å². The van der Waals surface area contributed by atoms with Gasteiger partial charge in [-0.3, -0.25) is 4.79 Å². The number of aromatic hydroxyl groups is 1. The van der Waals surface area contributed by atoms with Gasteiger partial charge in [0.2, 0.25) is 0 Å². The summed E-state index contributed by atoms with van der Waals surface area (Å²) in [5.41, 5.74) is 4.05. The Morgan fingerprint density at radius 1 is 1.11 bits per heavy atom. The van der Waals surface area contributed by atoms with Crippen molar-refractivity contribution in [1.82, 2.24) is 0 Å². The van der Waals surface area contributed by atoms with E-state index in [2.05, 4.69) is 43.3 Å². The molecular formula is C26H30O2. The van der Waals surface area contributed by atoms with Gasteiger partial charge in [0.1, 0.15) is 11.5 Å². The van der Waals surface area contributed by atoms with E-state index < -0.39 is 0 Å². The molecule has 0 radical (unpaired) electrons. The van der Waals surface area contributed by atoms with Crippen LogP contribution in [0.25, 0.3) is 0 Å². The largest absolute Gasteiger partial charge is 0.508 e. The highest BCUT2D eigenvalue weighted by Crippen LogP contribution is 2.62. The lowest BCUT2D eigenvalue weighted by atomic mass is 9.54. The lowest BCUT2D eigenvalue weighted by Crippen LogP contribution is -2.44. The van der Waals surface area contributed by atoms with Crippen LogP contribution in [0.15, 0.2) is 48.5 Å². The minimum atomic E-state index is -0.114. The fourth-order valence-corrected chi connectivity index (χ4v) is 6.89. The number of fused-ring (bicyclic) bond motifs is 5. The van der Waals surface area contributed by atoms with E-state index in [-0.39, 0.29) is 5.41 Å². The Bertz CT molecular complexity index is 887. The maximum Gasteiger partial charge on any atom is 0.139 e. The van der Waals surface area contributed by atoms with Crippen molar-refractivity contribution >= 4 is 5.78 Å². The van der Waals surface area contributed by atoms with Crippen molar-refractivity contribution in [2.45, 2.75) is 57.8 Å². The second-order valence-electron chi connectivity index (χ2n) is 9.59. The van der Waals surface area contributed by atoms with Crippen LogP contribution in [0.2, 0.25) is 0 Å². The third-order valence-corrected chi connectivity index (χ3v) is 8.20. The van der Waals surface area contributed by atoms with Gasteiger partial charge < -0.3 is 5.11 Å². The molecule has 3 aliphatic carbocycles. The molecule has 2 aromatic rings. The van der Waals surface area contributed by atoms with Crippen molar-refractivity contribution in [2.24, 2.45) is 23.2 Å². The van der Waals surface area contributed by atoms with E-state index in [9.17, 15) is 9.90 Å². The van der Waals surface area contributed by atoms with Crippen molar-refractivity contribution in [2.75, 3.05) is 0 Å². The van der Waals surface area contributed by atoms with Gasteiger partial charge in [-0.05, 0) is 91.0 Å². The summed E-state index contributed by atoms with van der Waals surface area (Å²) in [5.74, 6) is 3.12. The van der Waals surface area contributed by atoms with Crippen LogP contribution < -0.4 is 0 Å². The molecule has 0 spiro atoms. The molecule has 3 aliphatic rings. The molecule has 5 atom stereocenters. The monoisotopic (exact) mass is 374 g/mol. The molecule has 2 nitrogen and oxygen atoms in total. The Morgan fingerprint density at radius 3 is 2.75 bits per heavy atom. The first kappa shape index (κ1) is 18.0. The van der Waals surface area contributed by atoms with E-state index in [1.165, 1.54) is 16.7 Å². The van der Waals surface area contributed by atoms with E-state index >= 15 is 0 Å². The highest BCUT2D eigenvalue weighted by Gasteiger charge is 2.58. The van der Waals surface area contributed by atoms with Gasteiger partial charge in [-0.2, -0.15) is 0 Å². The first-order valence-corrected chi connectivity index (χ1v) is 11.0. The molecule has 0 aliphatic heterocycles. The van der Waals surface area contributed by atoms with Crippen LogP contribution in [0, 0.1) is 23.2 Å². The van der Waals surface area contributed by atoms with Crippen LogP contribution >= 0.6 is 0 Å². The molecule has 146 valence electrons. The number of rotatable bonds is 3. The van der Waals surface area contributed by atoms with Gasteiger partial charge >= 0.3 is 0 Å². The van der Waals surface area contributed by atoms with Crippen LogP contribution in [0.3, 0.4) is 0 Å². The quantitative estimate of drug-likeness (QED) is 0.751. The van der Waals surface area contributed by atoms with Crippen LogP contribution in [-0.4, -0.2) is 10.9 Å². The zero-order chi connectivity index (χ0) is 19.3.